The summed E-state index contributed by atoms with van der Waals surface area (Å²) in [6.07, 6.45) is 16.6. The number of allylic oxidation sites excluding steroid dienone is 3. The molecule has 1 saturated carbocycles. The predicted octanol–water partition coefficient (Wildman–Crippen LogP) is 8.47. The third-order valence-electron chi connectivity index (χ3n) is 6.35. The molecular formula is C29H38O. The van der Waals surface area contributed by atoms with E-state index in [-0.39, 0.29) is 0 Å². The zero-order chi connectivity index (χ0) is 21.0. The van der Waals surface area contributed by atoms with E-state index in [0.717, 1.165) is 37.7 Å². The van der Waals surface area contributed by atoms with E-state index in [9.17, 15) is 0 Å². The standard InChI is InChI=1S/C29H38O/c1-3-5-7-9-24-10-14-26(15-11-24)28-18-20-29(21-19-28)27-16-12-25(13-17-27)23-30-22-8-6-4-2/h4-5,7,12-13,16-21,24,26H,2-3,6,8-11,14-15,22-23H2,1H3/b7-5+/t24-,26-. The lowest BCUT2D eigenvalue weighted by Crippen LogP contribution is -2.12. The Hall–Kier alpha value is -2.12. The lowest BCUT2D eigenvalue weighted by Gasteiger charge is -2.28. The number of unbranched alkanes of at least 4 members (excludes halogenated alkanes) is 1. The molecule has 1 aliphatic carbocycles. The van der Waals surface area contributed by atoms with Crippen LogP contribution in [0.3, 0.4) is 0 Å². The summed E-state index contributed by atoms with van der Waals surface area (Å²) in [4.78, 5) is 0. The lowest BCUT2D eigenvalue weighted by molar-refractivity contribution is 0.119. The van der Waals surface area contributed by atoms with Crippen LogP contribution in [0.15, 0.2) is 73.3 Å². The molecule has 0 unspecified atom stereocenters. The van der Waals surface area contributed by atoms with Crippen LogP contribution in [-0.2, 0) is 11.3 Å². The predicted molar refractivity (Wildman–Crippen MR) is 130 cm³/mol. The maximum absolute atomic E-state index is 5.73. The molecule has 0 heterocycles. The maximum atomic E-state index is 5.73. The van der Waals surface area contributed by atoms with Gasteiger partial charge in [-0.3, -0.25) is 0 Å². The second-order valence-electron chi connectivity index (χ2n) is 8.64. The van der Waals surface area contributed by atoms with Crippen molar-refractivity contribution >= 4 is 0 Å². The molecule has 0 saturated heterocycles. The van der Waals surface area contributed by atoms with E-state index in [2.05, 4.69) is 74.2 Å². The largest absolute Gasteiger partial charge is 0.377 e. The van der Waals surface area contributed by atoms with Crippen LogP contribution in [0.1, 0.15) is 75.3 Å². The fourth-order valence-corrected chi connectivity index (χ4v) is 4.45. The van der Waals surface area contributed by atoms with Crippen molar-refractivity contribution in [3.63, 3.8) is 0 Å². The van der Waals surface area contributed by atoms with Crippen molar-refractivity contribution in [2.24, 2.45) is 5.92 Å². The highest BCUT2D eigenvalue weighted by molar-refractivity contribution is 5.64. The number of ether oxygens (including phenoxy) is 1. The summed E-state index contributed by atoms with van der Waals surface area (Å²) >= 11 is 0. The molecule has 0 aromatic heterocycles. The molecule has 0 atom stereocenters. The van der Waals surface area contributed by atoms with Gasteiger partial charge in [-0.1, -0.05) is 73.7 Å². The van der Waals surface area contributed by atoms with Gasteiger partial charge in [-0.15, -0.1) is 6.58 Å². The topological polar surface area (TPSA) is 9.23 Å². The molecule has 0 spiro atoms. The smallest absolute Gasteiger partial charge is 0.0716 e. The molecule has 0 aliphatic heterocycles. The number of benzene rings is 2. The molecule has 2 aromatic carbocycles. The molecule has 1 aliphatic rings. The molecule has 0 amide bonds. The van der Waals surface area contributed by atoms with Crippen molar-refractivity contribution in [3.8, 4) is 11.1 Å². The molecule has 3 rings (SSSR count). The average molecular weight is 403 g/mol. The van der Waals surface area contributed by atoms with E-state index in [1.165, 1.54) is 54.4 Å². The number of rotatable bonds is 11. The van der Waals surface area contributed by atoms with Crippen LogP contribution in [0.2, 0.25) is 0 Å². The van der Waals surface area contributed by atoms with E-state index in [0.29, 0.717) is 6.61 Å². The maximum Gasteiger partial charge on any atom is 0.0716 e. The van der Waals surface area contributed by atoms with Gasteiger partial charge in [-0.25, -0.2) is 0 Å². The Labute approximate surface area is 183 Å². The van der Waals surface area contributed by atoms with Gasteiger partial charge >= 0.3 is 0 Å². The molecule has 0 bridgehead atoms. The quantitative estimate of drug-likeness (QED) is 0.270. The Morgan fingerprint density at radius 1 is 0.900 bits per heavy atom. The van der Waals surface area contributed by atoms with Gasteiger partial charge < -0.3 is 4.74 Å². The van der Waals surface area contributed by atoms with Gasteiger partial charge in [0.25, 0.3) is 0 Å². The second-order valence-corrected chi connectivity index (χ2v) is 8.64. The van der Waals surface area contributed by atoms with E-state index >= 15 is 0 Å². The minimum atomic E-state index is 0.688. The normalized spacial score (nSPS) is 19.2. The van der Waals surface area contributed by atoms with Crippen molar-refractivity contribution < 1.29 is 4.74 Å². The van der Waals surface area contributed by atoms with Crippen molar-refractivity contribution in [2.75, 3.05) is 6.61 Å². The van der Waals surface area contributed by atoms with Crippen LogP contribution in [0, 0.1) is 5.92 Å². The van der Waals surface area contributed by atoms with Gasteiger partial charge in [0, 0.05) is 6.61 Å². The van der Waals surface area contributed by atoms with E-state index < -0.39 is 0 Å². The highest BCUT2D eigenvalue weighted by Crippen LogP contribution is 2.37. The van der Waals surface area contributed by atoms with Crippen LogP contribution < -0.4 is 0 Å². The van der Waals surface area contributed by atoms with Crippen molar-refractivity contribution in [1.29, 1.82) is 0 Å². The first-order chi connectivity index (χ1) is 14.8. The van der Waals surface area contributed by atoms with Crippen LogP contribution in [0.5, 0.6) is 0 Å². The van der Waals surface area contributed by atoms with Gasteiger partial charge in [0.2, 0.25) is 0 Å². The zero-order valence-electron chi connectivity index (χ0n) is 18.7. The minimum Gasteiger partial charge on any atom is -0.377 e. The van der Waals surface area contributed by atoms with E-state index in [1.807, 2.05) is 6.08 Å². The molecule has 1 fully saturated rings. The third kappa shape index (κ3) is 6.99. The van der Waals surface area contributed by atoms with Crippen LogP contribution in [-0.4, -0.2) is 6.61 Å². The highest BCUT2D eigenvalue weighted by Gasteiger charge is 2.21. The molecule has 0 N–H and O–H groups in total. The van der Waals surface area contributed by atoms with Crippen LogP contribution >= 0.6 is 0 Å². The monoisotopic (exact) mass is 402 g/mol. The molecule has 1 nitrogen and oxygen atoms in total. The summed E-state index contributed by atoms with van der Waals surface area (Å²) in [6.45, 7) is 7.45. The molecule has 1 heteroatoms. The lowest BCUT2D eigenvalue weighted by atomic mass is 9.77. The number of hydrogen-bond acceptors (Lipinski definition) is 1. The van der Waals surface area contributed by atoms with Gasteiger partial charge in [-0.2, -0.15) is 0 Å². The van der Waals surface area contributed by atoms with E-state index in [4.69, 9.17) is 4.74 Å². The van der Waals surface area contributed by atoms with Gasteiger partial charge in [-0.05, 0) is 85.5 Å². The first-order valence-corrected chi connectivity index (χ1v) is 11.8. The highest BCUT2D eigenvalue weighted by atomic mass is 16.5. The first kappa shape index (κ1) is 22.6. The van der Waals surface area contributed by atoms with Crippen molar-refractivity contribution in [2.45, 2.75) is 70.8 Å². The Bertz CT molecular complexity index is 761. The molecule has 30 heavy (non-hydrogen) atoms. The minimum absolute atomic E-state index is 0.688. The molecule has 0 radical (unpaired) electrons. The molecule has 160 valence electrons. The summed E-state index contributed by atoms with van der Waals surface area (Å²) in [7, 11) is 0. The summed E-state index contributed by atoms with van der Waals surface area (Å²) in [5, 5.41) is 0. The van der Waals surface area contributed by atoms with Gasteiger partial charge in [0.05, 0.1) is 6.61 Å². The average Bonchev–Trinajstić information content (AvgIpc) is 2.80. The second kappa shape index (κ2) is 12.5. The Kier molecular flexibility index (Phi) is 9.44. The summed E-state index contributed by atoms with van der Waals surface area (Å²) < 4.78 is 5.73. The van der Waals surface area contributed by atoms with Crippen molar-refractivity contribution in [3.05, 3.63) is 84.5 Å². The fourth-order valence-electron chi connectivity index (χ4n) is 4.45. The molecular weight excluding hydrogens is 364 g/mol. The van der Waals surface area contributed by atoms with Crippen LogP contribution in [0.4, 0.5) is 0 Å². The van der Waals surface area contributed by atoms with Gasteiger partial charge in [0.15, 0.2) is 0 Å². The van der Waals surface area contributed by atoms with Crippen molar-refractivity contribution in [1.82, 2.24) is 0 Å². The summed E-state index contributed by atoms with van der Waals surface area (Å²) in [6, 6.07) is 18.1. The molecule has 2 aromatic rings. The fraction of sp³-hybridized carbons (Fsp3) is 0.448. The first-order valence-electron chi connectivity index (χ1n) is 11.8. The summed E-state index contributed by atoms with van der Waals surface area (Å²) in [5.41, 5.74) is 5.34. The number of hydrogen-bond donors (Lipinski definition) is 0. The SMILES string of the molecule is C=CCCCOCc1ccc(-c2ccc([C@H]3CC[C@H](C/C=C/CC)CC3)cc2)cc1. The Morgan fingerprint density at radius 2 is 1.57 bits per heavy atom. The Morgan fingerprint density at radius 3 is 2.20 bits per heavy atom. The zero-order valence-corrected chi connectivity index (χ0v) is 18.7. The van der Waals surface area contributed by atoms with Crippen LogP contribution in [0.25, 0.3) is 11.1 Å². The van der Waals surface area contributed by atoms with E-state index in [1.54, 1.807) is 0 Å². The van der Waals surface area contributed by atoms with Gasteiger partial charge in [0.1, 0.15) is 0 Å². The third-order valence-corrected chi connectivity index (χ3v) is 6.35. The Balaban J connectivity index is 1.48. The summed E-state index contributed by atoms with van der Waals surface area (Å²) in [5.74, 6) is 1.64.